The summed E-state index contributed by atoms with van der Waals surface area (Å²) < 4.78 is 11.0. The summed E-state index contributed by atoms with van der Waals surface area (Å²) in [5.74, 6) is 1.17. The van der Waals surface area contributed by atoms with Crippen LogP contribution >= 0.6 is 12.4 Å². The SMILES string of the molecule is C/C=C/c1ccc(OCC(=O)N2CCCC(N)C2)c(OC)c1.Cl. The lowest BCUT2D eigenvalue weighted by molar-refractivity contribution is -0.134. The zero-order chi connectivity index (χ0) is 15.9. The van der Waals surface area contributed by atoms with E-state index in [1.54, 1.807) is 12.0 Å². The van der Waals surface area contributed by atoms with E-state index in [0.29, 0.717) is 18.0 Å². The molecule has 1 aromatic rings. The minimum absolute atomic E-state index is 0. The molecule has 5 nitrogen and oxygen atoms in total. The normalized spacial score (nSPS) is 17.7. The summed E-state index contributed by atoms with van der Waals surface area (Å²) >= 11 is 0. The predicted molar refractivity (Wildman–Crippen MR) is 94.2 cm³/mol. The highest BCUT2D eigenvalue weighted by Crippen LogP contribution is 2.28. The van der Waals surface area contributed by atoms with Gasteiger partial charge in [-0.25, -0.2) is 0 Å². The van der Waals surface area contributed by atoms with Gasteiger partial charge in [-0.15, -0.1) is 12.4 Å². The van der Waals surface area contributed by atoms with Crippen molar-refractivity contribution in [3.8, 4) is 11.5 Å². The first-order valence-corrected chi connectivity index (χ1v) is 7.61. The van der Waals surface area contributed by atoms with Crippen LogP contribution in [-0.2, 0) is 4.79 Å². The number of ether oxygens (including phenoxy) is 2. The molecule has 23 heavy (non-hydrogen) atoms. The van der Waals surface area contributed by atoms with Gasteiger partial charge in [-0.05, 0) is 37.5 Å². The highest BCUT2D eigenvalue weighted by atomic mass is 35.5. The molecular weight excluding hydrogens is 316 g/mol. The first-order valence-electron chi connectivity index (χ1n) is 7.61. The average molecular weight is 341 g/mol. The van der Waals surface area contributed by atoms with Crippen LogP contribution in [0.5, 0.6) is 11.5 Å². The van der Waals surface area contributed by atoms with E-state index in [9.17, 15) is 4.79 Å². The Labute approximate surface area is 143 Å². The Morgan fingerprint density at radius 2 is 2.22 bits per heavy atom. The molecule has 0 bridgehead atoms. The molecule has 2 rings (SSSR count). The summed E-state index contributed by atoms with van der Waals surface area (Å²) in [6.45, 7) is 3.33. The van der Waals surface area contributed by atoms with Crippen LogP contribution in [-0.4, -0.2) is 43.7 Å². The van der Waals surface area contributed by atoms with Gasteiger partial charge < -0.3 is 20.1 Å². The molecule has 1 amide bonds. The number of likely N-dealkylation sites (tertiary alicyclic amines) is 1. The van der Waals surface area contributed by atoms with E-state index < -0.39 is 0 Å². The van der Waals surface area contributed by atoms with Gasteiger partial charge in [0, 0.05) is 19.1 Å². The molecular formula is C17H25ClN2O3. The number of halogens is 1. The number of methoxy groups -OCH3 is 1. The Balaban J connectivity index is 0.00000264. The number of carbonyl (C=O) groups is 1. The quantitative estimate of drug-likeness (QED) is 0.894. The summed E-state index contributed by atoms with van der Waals surface area (Å²) in [7, 11) is 1.59. The van der Waals surface area contributed by atoms with Gasteiger partial charge in [-0.1, -0.05) is 18.2 Å². The third-order valence-corrected chi connectivity index (χ3v) is 3.71. The third kappa shape index (κ3) is 5.44. The van der Waals surface area contributed by atoms with Crippen molar-refractivity contribution in [3.63, 3.8) is 0 Å². The summed E-state index contributed by atoms with van der Waals surface area (Å²) in [4.78, 5) is 14.0. The number of nitrogens with two attached hydrogens (primary N) is 1. The van der Waals surface area contributed by atoms with Gasteiger partial charge in [-0.3, -0.25) is 4.79 Å². The fourth-order valence-electron chi connectivity index (χ4n) is 2.57. The Hall–Kier alpha value is -1.72. The molecule has 1 saturated heterocycles. The topological polar surface area (TPSA) is 64.8 Å². The van der Waals surface area contributed by atoms with Crippen LogP contribution in [0.1, 0.15) is 25.3 Å². The number of rotatable bonds is 5. The lowest BCUT2D eigenvalue weighted by Gasteiger charge is -2.30. The van der Waals surface area contributed by atoms with E-state index in [4.69, 9.17) is 15.2 Å². The molecule has 1 heterocycles. The maximum atomic E-state index is 12.2. The zero-order valence-electron chi connectivity index (χ0n) is 13.7. The van der Waals surface area contributed by atoms with E-state index in [-0.39, 0.29) is 31.0 Å². The first kappa shape index (κ1) is 19.3. The molecule has 0 saturated carbocycles. The third-order valence-electron chi connectivity index (χ3n) is 3.71. The molecule has 0 radical (unpaired) electrons. The fourth-order valence-corrected chi connectivity index (χ4v) is 2.57. The summed E-state index contributed by atoms with van der Waals surface area (Å²) in [6, 6.07) is 5.71. The number of benzene rings is 1. The predicted octanol–water partition coefficient (Wildman–Crippen LogP) is 2.48. The van der Waals surface area contributed by atoms with Crippen LogP contribution in [0.4, 0.5) is 0 Å². The minimum Gasteiger partial charge on any atom is -0.493 e. The molecule has 1 atom stereocenters. The molecule has 1 aliphatic heterocycles. The van der Waals surface area contributed by atoms with E-state index in [1.807, 2.05) is 37.3 Å². The zero-order valence-corrected chi connectivity index (χ0v) is 14.5. The maximum absolute atomic E-state index is 12.2. The second-order valence-corrected chi connectivity index (χ2v) is 5.44. The van der Waals surface area contributed by atoms with Crippen molar-refractivity contribution < 1.29 is 14.3 Å². The second kappa shape index (κ2) is 9.43. The molecule has 1 aliphatic rings. The van der Waals surface area contributed by atoms with Crippen molar-refractivity contribution in [2.45, 2.75) is 25.8 Å². The summed E-state index contributed by atoms with van der Waals surface area (Å²) in [5, 5.41) is 0. The molecule has 2 N–H and O–H groups in total. The number of hydrogen-bond acceptors (Lipinski definition) is 4. The summed E-state index contributed by atoms with van der Waals surface area (Å²) in [5.41, 5.74) is 6.93. The van der Waals surface area contributed by atoms with E-state index in [1.165, 1.54) is 0 Å². The number of carbonyl (C=O) groups excluding carboxylic acids is 1. The molecule has 0 aromatic heterocycles. The smallest absolute Gasteiger partial charge is 0.260 e. The first-order chi connectivity index (χ1) is 10.6. The largest absolute Gasteiger partial charge is 0.493 e. The molecule has 0 aliphatic carbocycles. The van der Waals surface area contributed by atoms with Crippen LogP contribution < -0.4 is 15.2 Å². The van der Waals surface area contributed by atoms with Gasteiger partial charge in [0.25, 0.3) is 5.91 Å². The molecule has 128 valence electrons. The van der Waals surface area contributed by atoms with Gasteiger partial charge in [0.15, 0.2) is 18.1 Å². The van der Waals surface area contributed by atoms with Crippen molar-refractivity contribution in [2.24, 2.45) is 5.73 Å². The standard InChI is InChI=1S/C17H24N2O3.ClH/c1-3-5-13-7-8-15(16(10-13)21-2)22-12-17(20)19-9-4-6-14(18)11-19;/h3,5,7-8,10,14H,4,6,9,11-12,18H2,1-2H3;1H/b5-3+;. The Morgan fingerprint density at radius 1 is 1.43 bits per heavy atom. The molecule has 1 unspecified atom stereocenters. The molecule has 1 aromatic carbocycles. The maximum Gasteiger partial charge on any atom is 0.260 e. The van der Waals surface area contributed by atoms with Gasteiger partial charge in [0.2, 0.25) is 0 Å². The molecule has 1 fully saturated rings. The van der Waals surface area contributed by atoms with Crippen molar-refractivity contribution in [2.75, 3.05) is 26.8 Å². The Bertz CT molecular complexity index is 549. The highest BCUT2D eigenvalue weighted by Gasteiger charge is 2.21. The van der Waals surface area contributed by atoms with Gasteiger partial charge in [-0.2, -0.15) is 0 Å². The van der Waals surface area contributed by atoms with Crippen molar-refractivity contribution >= 4 is 24.4 Å². The number of hydrogen-bond donors (Lipinski definition) is 1. The van der Waals surface area contributed by atoms with Crippen LogP contribution in [0.15, 0.2) is 24.3 Å². The molecule has 6 heteroatoms. The number of piperidine rings is 1. The monoisotopic (exact) mass is 340 g/mol. The van der Waals surface area contributed by atoms with Crippen molar-refractivity contribution in [3.05, 3.63) is 29.8 Å². The van der Waals surface area contributed by atoms with Crippen LogP contribution in [0.25, 0.3) is 6.08 Å². The van der Waals surface area contributed by atoms with Crippen molar-refractivity contribution in [1.82, 2.24) is 4.90 Å². The average Bonchev–Trinajstić information content (AvgIpc) is 2.53. The van der Waals surface area contributed by atoms with E-state index >= 15 is 0 Å². The highest BCUT2D eigenvalue weighted by molar-refractivity contribution is 5.85. The van der Waals surface area contributed by atoms with Crippen LogP contribution in [0.3, 0.4) is 0 Å². The van der Waals surface area contributed by atoms with Crippen LogP contribution in [0.2, 0.25) is 0 Å². The Kier molecular flexibility index (Phi) is 7.92. The number of allylic oxidation sites excluding steroid dienone is 1. The van der Waals surface area contributed by atoms with Crippen molar-refractivity contribution in [1.29, 1.82) is 0 Å². The minimum atomic E-state index is -0.0327. The fraction of sp³-hybridized carbons (Fsp3) is 0.471. The van der Waals surface area contributed by atoms with Gasteiger partial charge in [0.1, 0.15) is 0 Å². The lowest BCUT2D eigenvalue weighted by atomic mass is 10.1. The number of amides is 1. The lowest BCUT2D eigenvalue weighted by Crippen LogP contribution is -2.47. The Morgan fingerprint density at radius 3 is 2.87 bits per heavy atom. The van der Waals surface area contributed by atoms with E-state index in [2.05, 4.69) is 0 Å². The van der Waals surface area contributed by atoms with Crippen LogP contribution in [0, 0.1) is 0 Å². The van der Waals surface area contributed by atoms with E-state index in [0.717, 1.165) is 24.9 Å². The second-order valence-electron chi connectivity index (χ2n) is 5.44. The van der Waals surface area contributed by atoms with Gasteiger partial charge in [0.05, 0.1) is 7.11 Å². The molecule has 0 spiro atoms. The summed E-state index contributed by atoms with van der Waals surface area (Å²) in [6.07, 6.45) is 5.87. The number of nitrogens with zero attached hydrogens (tertiary/aromatic N) is 1. The van der Waals surface area contributed by atoms with Gasteiger partial charge >= 0.3 is 0 Å².